The number of amides is 1. The molecule has 0 radical (unpaired) electrons. The highest BCUT2D eigenvalue weighted by molar-refractivity contribution is 8.00. The van der Waals surface area contributed by atoms with Gasteiger partial charge in [0.25, 0.3) is 5.56 Å². The van der Waals surface area contributed by atoms with E-state index in [0.29, 0.717) is 38.4 Å². The van der Waals surface area contributed by atoms with Crippen molar-refractivity contribution in [3.63, 3.8) is 0 Å². The second kappa shape index (κ2) is 9.83. The van der Waals surface area contributed by atoms with Crippen LogP contribution in [-0.4, -0.2) is 34.4 Å². The van der Waals surface area contributed by atoms with Gasteiger partial charge in [0.05, 0.1) is 28.8 Å². The maximum Gasteiger partial charge on any atom is 0.262 e. The number of para-hydroxylation sites is 1. The van der Waals surface area contributed by atoms with Crippen LogP contribution in [0.3, 0.4) is 0 Å². The third kappa shape index (κ3) is 5.16. The average Bonchev–Trinajstić information content (AvgIpc) is 2.67. The number of thioether (sulfide) groups is 1. The Morgan fingerprint density at radius 2 is 1.87 bits per heavy atom. The fraction of sp³-hybridized carbons (Fsp3) is 0.286. The number of anilines is 1. The van der Waals surface area contributed by atoms with Crippen LogP contribution in [0, 0.1) is 0 Å². The fourth-order valence-electron chi connectivity index (χ4n) is 2.99. The highest BCUT2D eigenvalue weighted by Crippen LogP contribution is 2.27. The molecule has 9 heteroatoms. The van der Waals surface area contributed by atoms with Gasteiger partial charge < -0.3 is 10.1 Å². The molecule has 0 aliphatic heterocycles. The van der Waals surface area contributed by atoms with Crippen molar-refractivity contribution in [1.29, 1.82) is 0 Å². The lowest BCUT2D eigenvalue weighted by Crippen LogP contribution is -2.30. The van der Waals surface area contributed by atoms with Gasteiger partial charge >= 0.3 is 0 Å². The lowest BCUT2D eigenvalue weighted by atomic mass is 10.2. The molecule has 3 rings (SSSR count). The van der Waals surface area contributed by atoms with Crippen LogP contribution in [0.1, 0.15) is 19.9 Å². The van der Waals surface area contributed by atoms with Crippen LogP contribution in [0.5, 0.6) is 0 Å². The molecular weight excluding hydrogens is 445 g/mol. The van der Waals surface area contributed by atoms with Crippen molar-refractivity contribution < 1.29 is 9.53 Å². The SMILES string of the molecule is COC[C@H](C)n1c(S[C@H](C)C(=O)Nc2cc(Cl)cc(Cl)c2)nc2ccccc2c1=O. The minimum Gasteiger partial charge on any atom is -0.383 e. The minimum absolute atomic E-state index is 0.165. The van der Waals surface area contributed by atoms with Crippen LogP contribution in [0.2, 0.25) is 10.0 Å². The first-order chi connectivity index (χ1) is 14.3. The standard InChI is InChI=1S/C21H21Cl2N3O3S/c1-12(11-29-3)26-20(28)17-6-4-5-7-18(17)25-21(26)30-13(2)19(27)24-16-9-14(22)8-15(23)10-16/h4-10,12-13H,11H2,1-3H3,(H,24,27)/t12-,13+/m0/s1. The van der Waals surface area contributed by atoms with Gasteiger partial charge in [0.2, 0.25) is 5.91 Å². The zero-order valence-corrected chi connectivity index (χ0v) is 19.0. The number of halogens is 2. The van der Waals surface area contributed by atoms with Crippen molar-refractivity contribution in [1.82, 2.24) is 9.55 Å². The Kier molecular flexibility index (Phi) is 7.41. The quantitative estimate of drug-likeness (QED) is 0.391. The molecule has 0 saturated heterocycles. The number of ether oxygens (including phenoxy) is 1. The molecule has 0 unspecified atom stereocenters. The van der Waals surface area contributed by atoms with Gasteiger partial charge in [0.15, 0.2) is 5.16 Å². The number of hydrogen-bond acceptors (Lipinski definition) is 5. The third-order valence-corrected chi connectivity index (χ3v) is 5.91. The Hall–Kier alpha value is -2.06. The third-order valence-electron chi connectivity index (χ3n) is 4.41. The van der Waals surface area contributed by atoms with Crippen LogP contribution in [-0.2, 0) is 9.53 Å². The summed E-state index contributed by atoms with van der Waals surface area (Å²) in [6.45, 7) is 3.97. The first-order valence-corrected chi connectivity index (χ1v) is 10.9. The zero-order chi connectivity index (χ0) is 21.8. The number of carbonyl (C=O) groups is 1. The molecule has 0 bridgehead atoms. The maximum atomic E-state index is 13.1. The summed E-state index contributed by atoms with van der Waals surface area (Å²) in [4.78, 5) is 30.5. The largest absolute Gasteiger partial charge is 0.383 e. The molecule has 1 heterocycles. The molecule has 0 aliphatic rings. The van der Waals surface area contributed by atoms with Crippen LogP contribution in [0.25, 0.3) is 10.9 Å². The average molecular weight is 466 g/mol. The molecule has 0 aliphatic carbocycles. The Bertz CT molecular complexity index is 1120. The van der Waals surface area contributed by atoms with E-state index < -0.39 is 5.25 Å². The normalized spacial score (nSPS) is 13.2. The summed E-state index contributed by atoms with van der Waals surface area (Å²) in [7, 11) is 1.58. The van der Waals surface area contributed by atoms with Crippen molar-refractivity contribution in [2.75, 3.05) is 19.0 Å². The summed E-state index contributed by atoms with van der Waals surface area (Å²) in [5, 5.41) is 4.10. The highest BCUT2D eigenvalue weighted by atomic mass is 35.5. The summed E-state index contributed by atoms with van der Waals surface area (Å²) in [6, 6.07) is 11.7. The molecule has 3 aromatic rings. The van der Waals surface area contributed by atoms with Gasteiger partial charge in [-0.1, -0.05) is 47.1 Å². The summed E-state index contributed by atoms with van der Waals surface area (Å²) in [6.07, 6.45) is 0. The minimum atomic E-state index is -0.531. The number of carbonyl (C=O) groups excluding carboxylic acids is 1. The predicted molar refractivity (Wildman–Crippen MR) is 123 cm³/mol. The molecule has 1 amide bonds. The second-order valence-electron chi connectivity index (χ2n) is 6.80. The molecule has 0 saturated carbocycles. The Morgan fingerprint density at radius 3 is 2.53 bits per heavy atom. The van der Waals surface area contributed by atoms with Crippen molar-refractivity contribution in [2.24, 2.45) is 0 Å². The highest BCUT2D eigenvalue weighted by Gasteiger charge is 2.22. The summed E-state index contributed by atoms with van der Waals surface area (Å²) in [5.74, 6) is -0.258. The fourth-order valence-corrected chi connectivity index (χ4v) is 4.53. The second-order valence-corrected chi connectivity index (χ2v) is 8.98. The number of hydrogen-bond donors (Lipinski definition) is 1. The molecule has 1 N–H and O–H groups in total. The molecular formula is C21H21Cl2N3O3S. The Balaban J connectivity index is 1.92. The van der Waals surface area contributed by atoms with Gasteiger partial charge in [-0.2, -0.15) is 0 Å². The van der Waals surface area contributed by atoms with E-state index in [2.05, 4.69) is 10.3 Å². The molecule has 0 fully saturated rings. The van der Waals surface area contributed by atoms with Gasteiger partial charge in [-0.25, -0.2) is 4.98 Å². The smallest absolute Gasteiger partial charge is 0.262 e. The van der Waals surface area contributed by atoms with E-state index in [1.54, 1.807) is 55.0 Å². The molecule has 2 atom stereocenters. The number of benzene rings is 2. The first-order valence-electron chi connectivity index (χ1n) is 9.24. The van der Waals surface area contributed by atoms with Crippen molar-refractivity contribution in [2.45, 2.75) is 30.3 Å². The zero-order valence-electron chi connectivity index (χ0n) is 16.7. The van der Waals surface area contributed by atoms with Gasteiger partial charge in [0.1, 0.15) is 0 Å². The van der Waals surface area contributed by atoms with E-state index in [9.17, 15) is 9.59 Å². The molecule has 6 nitrogen and oxygen atoms in total. The lowest BCUT2D eigenvalue weighted by Gasteiger charge is -2.20. The van der Waals surface area contributed by atoms with Crippen LogP contribution in [0.4, 0.5) is 5.69 Å². The molecule has 1 aromatic heterocycles. The van der Waals surface area contributed by atoms with E-state index in [1.807, 2.05) is 13.0 Å². The topological polar surface area (TPSA) is 73.2 Å². The molecule has 2 aromatic carbocycles. The summed E-state index contributed by atoms with van der Waals surface area (Å²) < 4.78 is 6.81. The number of nitrogens with one attached hydrogen (secondary N) is 1. The molecule has 30 heavy (non-hydrogen) atoms. The summed E-state index contributed by atoms with van der Waals surface area (Å²) in [5.41, 5.74) is 0.920. The van der Waals surface area contributed by atoms with Crippen LogP contribution < -0.4 is 10.9 Å². The van der Waals surface area contributed by atoms with Crippen molar-refractivity contribution in [3.8, 4) is 0 Å². The Morgan fingerprint density at radius 1 is 1.20 bits per heavy atom. The molecule has 158 valence electrons. The van der Waals surface area contributed by atoms with E-state index in [4.69, 9.17) is 27.9 Å². The van der Waals surface area contributed by atoms with Gasteiger partial charge in [-0.05, 0) is 44.2 Å². The van der Waals surface area contributed by atoms with Crippen LogP contribution >= 0.6 is 35.0 Å². The van der Waals surface area contributed by atoms with Gasteiger partial charge in [-0.3, -0.25) is 14.2 Å². The molecule has 0 spiro atoms. The van der Waals surface area contributed by atoms with E-state index in [-0.39, 0.29) is 17.5 Å². The predicted octanol–water partition coefficient (Wildman–Crippen LogP) is 5.03. The number of fused-ring (bicyclic) bond motifs is 1. The van der Waals surface area contributed by atoms with Crippen molar-refractivity contribution >= 4 is 57.5 Å². The van der Waals surface area contributed by atoms with Gasteiger partial charge in [0, 0.05) is 22.8 Å². The van der Waals surface area contributed by atoms with E-state index >= 15 is 0 Å². The van der Waals surface area contributed by atoms with E-state index in [0.717, 1.165) is 0 Å². The number of rotatable bonds is 7. The first kappa shape index (κ1) is 22.6. The van der Waals surface area contributed by atoms with Gasteiger partial charge in [-0.15, -0.1) is 0 Å². The number of methoxy groups -OCH3 is 1. The Labute approximate surface area is 188 Å². The monoisotopic (exact) mass is 465 g/mol. The number of aromatic nitrogens is 2. The lowest BCUT2D eigenvalue weighted by molar-refractivity contribution is -0.115. The van der Waals surface area contributed by atoms with Crippen LogP contribution in [0.15, 0.2) is 52.4 Å². The maximum absolute atomic E-state index is 13.1. The summed E-state index contributed by atoms with van der Waals surface area (Å²) >= 11 is 13.2. The van der Waals surface area contributed by atoms with E-state index in [1.165, 1.54) is 11.8 Å². The van der Waals surface area contributed by atoms with Crippen molar-refractivity contribution in [3.05, 3.63) is 62.9 Å². The number of nitrogens with zero attached hydrogens (tertiary/aromatic N) is 2.